The molecule has 0 aromatic heterocycles. The largest absolute Gasteiger partial charge is 0.507 e. The lowest BCUT2D eigenvalue weighted by atomic mass is 9.78. The number of carbonyl (C=O) groups excluding carboxylic acids is 4. The Kier molecular flexibility index (Phi) is 14.3. The lowest BCUT2D eigenvalue weighted by Crippen LogP contribution is -2.46. The molecule has 2 aromatic carbocycles. The van der Waals surface area contributed by atoms with Crippen molar-refractivity contribution in [2.24, 2.45) is 23.7 Å². The molecule has 15 heteroatoms. The monoisotopic (exact) mass is 810 g/mol. The van der Waals surface area contributed by atoms with Gasteiger partial charge in [0.1, 0.15) is 23.4 Å². The molecule has 0 fully saturated rings. The van der Waals surface area contributed by atoms with Crippen molar-refractivity contribution >= 4 is 40.0 Å². The number of rotatable bonds is 6. The zero-order valence-corrected chi connectivity index (χ0v) is 35.3. The number of aromatic hydroxyl groups is 2. The second kappa shape index (κ2) is 18.2. The number of hydrogen-bond donors (Lipinski definition) is 5. The maximum Gasteiger partial charge on any atom is 0.312 e. The van der Waals surface area contributed by atoms with Gasteiger partial charge in [0.2, 0.25) is 0 Å². The van der Waals surface area contributed by atoms with Crippen LogP contribution in [0.25, 0.3) is 10.8 Å². The first-order chi connectivity index (χ1) is 27.1. The van der Waals surface area contributed by atoms with Crippen LogP contribution in [0.3, 0.4) is 0 Å². The third-order valence-electron chi connectivity index (χ3n) is 11.3. The zero-order chi connectivity index (χ0) is 43.5. The summed E-state index contributed by atoms with van der Waals surface area (Å²) in [4.78, 5) is 54.8. The third-order valence-corrected chi connectivity index (χ3v) is 11.3. The maximum atomic E-state index is 14.4. The highest BCUT2D eigenvalue weighted by Crippen LogP contribution is 2.54. The van der Waals surface area contributed by atoms with Crippen LogP contribution in [-0.4, -0.2) is 106 Å². The Morgan fingerprint density at radius 3 is 2.24 bits per heavy atom. The molecule has 0 aliphatic carbocycles. The van der Waals surface area contributed by atoms with E-state index in [1.165, 1.54) is 64.2 Å². The van der Waals surface area contributed by atoms with Gasteiger partial charge in [-0.25, -0.2) is 0 Å². The van der Waals surface area contributed by atoms with Crippen molar-refractivity contribution in [3.8, 4) is 23.0 Å². The fraction of sp³-hybridized carbons (Fsp3) is 0.535. The Bertz CT molecular complexity index is 2010. The van der Waals surface area contributed by atoms with Gasteiger partial charge in [0, 0.05) is 80.3 Å². The Morgan fingerprint density at radius 1 is 0.983 bits per heavy atom. The highest BCUT2D eigenvalue weighted by molar-refractivity contribution is 6.21. The topological polar surface area (TPSA) is 211 Å². The molecule has 3 aliphatic rings. The summed E-state index contributed by atoms with van der Waals surface area (Å²) in [6, 6.07) is 1.10. The molecule has 58 heavy (non-hydrogen) atoms. The van der Waals surface area contributed by atoms with Crippen LogP contribution in [0.2, 0.25) is 0 Å². The van der Waals surface area contributed by atoms with Gasteiger partial charge >= 0.3 is 11.8 Å². The van der Waals surface area contributed by atoms with Gasteiger partial charge in [-0.15, -0.1) is 0 Å². The van der Waals surface area contributed by atoms with E-state index in [1.807, 2.05) is 13.8 Å². The van der Waals surface area contributed by atoms with E-state index in [-0.39, 0.29) is 50.7 Å². The minimum atomic E-state index is -2.02. The van der Waals surface area contributed by atoms with Gasteiger partial charge in [-0.2, -0.15) is 0 Å². The number of nitrogens with zero attached hydrogens (tertiary/aromatic N) is 1. The number of allylic oxidation sites excluding steroid dienone is 2. The average Bonchev–Trinajstić information content (AvgIpc) is 3.44. The number of Topliss-reactive ketones (excluding diaryl/α,β-unsaturated/α-hetero) is 1. The molecule has 9 atom stereocenters. The first kappa shape index (κ1) is 45.6. The van der Waals surface area contributed by atoms with E-state index in [4.69, 9.17) is 23.7 Å². The van der Waals surface area contributed by atoms with Crippen LogP contribution >= 0.6 is 0 Å². The summed E-state index contributed by atoms with van der Waals surface area (Å²) in [6.07, 6.45) is 3.58. The van der Waals surface area contributed by atoms with E-state index < -0.39 is 95.5 Å². The van der Waals surface area contributed by atoms with E-state index in [1.54, 1.807) is 46.9 Å². The minimum Gasteiger partial charge on any atom is -0.507 e. The summed E-state index contributed by atoms with van der Waals surface area (Å²) >= 11 is 0. The van der Waals surface area contributed by atoms with Gasteiger partial charge in [0.05, 0.1) is 41.2 Å². The van der Waals surface area contributed by atoms with Crippen molar-refractivity contribution in [3.05, 3.63) is 53.3 Å². The van der Waals surface area contributed by atoms with Crippen molar-refractivity contribution in [2.75, 3.05) is 26.1 Å². The van der Waals surface area contributed by atoms with Crippen LogP contribution in [0.1, 0.15) is 78.2 Å². The van der Waals surface area contributed by atoms with Crippen LogP contribution in [0.5, 0.6) is 23.0 Å². The van der Waals surface area contributed by atoms with E-state index in [9.17, 15) is 39.6 Å². The number of carbonyl (C=O) groups is 4. The predicted molar refractivity (Wildman–Crippen MR) is 216 cm³/mol. The lowest BCUT2D eigenvalue weighted by Gasteiger charge is -2.38. The molecule has 15 nitrogen and oxygen atoms in total. The highest BCUT2D eigenvalue weighted by atomic mass is 16.7. The molecular formula is C43H58N2O13. The van der Waals surface area contributed by atoms with Gasteiger partial charge in [0.25, 0.3) is 17.6 Å². The number of aliphatic hydroxyl groups is 2. The number of hydrogen-bond acceptors (Lipinski definition) is 13. The number of nitrogens with one attached hydrogen (secondary N) is 1. The summed E-state index contributed by atoms with van der Waals surface area (Å²) in [6.45, 7) is 15.7. The quantitative estimate of drug-likeness (QED) is 0.186. The van der Waals surface area contributed by atoms with E-state index in [0.29, 0.717) is 0 Å². The summed E-state index contributed by atoms with van der Waals surface area (Å²) < 4.78 is 29.7. The van der Waals surface area contributed by atoms with Crippen molar-refractivity contribution < 1.29 is 63.3 Å². The molecule has 0 radical (unpaired) electrons. The van der Waals surface area contributed by atoms with Crippen LogP contribution < -0.4 is 14.8 Å². The number of ketones is 1. The van der Waals surface area contributed by atoms with Crippen molar-refractivity contribution in [1.82, 2.24) is 4.90 Å². The fourth-order valence-electron chi connectivity index (χ4n) is 7.28. The summed E-state index contributed by atoms with van der Waals surface area (Å²) in [5.74, 6) is -8.09. The molecule has 3 aliphatic heterocycles. The maximum absolute atomic E-state index is 14.4. The first-order valence-electron chi connectivity index (χ1n) is 19.3. The molecule has 2 amide bonds. The minimum absolute atomic E-state index is 0.0615. The van der Waals surface area contributed by atoms with Crippen LogP contribution in [0.4, 0.5) is 5.69 Å². The normalized spacial score (nSPS) is 30.2. The highest BCUT2D eigenvalue weighted by Gasteiger charge is 2.49. The van der Waals surface area contributed by atoms with Crippen molar-refractivity contribution in [1.29, 1.82) is 0 Å². The van der Waals surface area contributed by atoms with Crippen LogP contribution in [0.15, 0.2) is 42.2 Å². The second-order valence-corrected chi connectivity index (χ2v) is 15.8. The molecule has 5 N–H and O–H groups in total. The van der Waals surface area contributed by atoms with E-state index in [0.717, 1.165) is 0 Å². The Labute approximate surface area is 339 Å². The number of esters is 1. The number of benzene rings is 2. The zero-order valence-electron chi connectivity index (χ0n) is 35.3. The molecule has 0 saturated carbocycles. The van der Waals surface area contributed by atoms with Gasteiger partial charge < -0.3 is 54.3 Å². The molecular weight excluding hydrogens is 752 g/mol. The molecule has 5 rings (SSSR count). The van der Waals surface area contributed by atoms with Gasteiger partial charge in [-0.05, 0) is 33.8 Å². The molecule has 0 spiro atoms. The number of aliphatic hydroxyl groups excluding tert-OH is 2. The molecule has 5 bridgehead atoms. The number of phenolic OH excluding ortho intramolecular Hbond substituents is 2. The molecule has 3 heterocycles. The number of likely N-dealkylation sites (N-methyl/N-ethyl adjacent to an activating group) is 1. The smallest absolute Gasteiger partial charge is 0.312 e. The molecule has 0 saturated heterocycles. The Morgan fingerprint density at radius 2 is 1.64 bits per heavy atom. The van der Waals surface area contributed by atoms with Crippen LogP contribution in [0, 0.1) is 30.6 Å². The standard InChI is InChI=1S/C43H58N2O13/c1-20(2)45(11)31(47)19-55-30-18-28-38(51)33-32(30)34-40(26(8)37(33)50)58-43(10,41(34)52)56-17-16-29(54-12)23(5)39(57-27(9)46)25(7)36(49)24(6)35(48)21(3)14-13-15-22(4)42(53)44-28/h13-18,20-21,23-25,29,35-36,39,48-51H,19H2,1-12H3,(H,44,53)/b14-13+,17-16+,22-15+. The van der Waals surface area contributed by atoms with Gasteiger partial charge in [0.15, 0.2) is 12.4 Å². The number of phenols is 2. The SMILES string of the molecule is COC1/C=C/OC2(C)Oc3c(C)c(O)c4c(O)c(cc(OCC(=O)N(C)C(C)C)c4c3C2=O)NC(=O)/C(C)=C/C=C/C(C)C(O)C(C)C(O)C(C)C(OC(C)=O)C1C. The summed E-state index contributed by atoms with van der Waals surface area (Å²) in [7, 11) is 3.04. The Hall–Kier alpha value is -5.12. The van der Waals surface area contributed by atoms with Gasteiger partial charge in [-0.3, -0.25) is 19.2 Å². The Balaban J connectivity index is 1.94. The predicted octanol–water partition coefficient (Wildman–Crippen LogP) is 5.29. The number of fused-ring (bicyclic) bond motifs is 14. The number of amides is 2. The molecule has 9 unspecified atom stereocenters. The third kappa shape index (κ3) is 9.11. The van der Waals surface area contributed by atoms with Crippen molar-refractivity contribution in [2.45, 2.75) is 105 Å². The van der Waals surface area contributed by atoms with E-state index >= 15 is 0 Å². The molecule has 318 valence electrons. The second-order valence-electron chi connectivity index (χ2n) is 15.8. The first-order valence-corrected chi connectivity index (χ1v) is 19.3. The van der Waals surface area contributed by atoms with E-state index in [2.05, 4.69) is 5.32 Å². The average molecular weight is 811 g/mol. The lowest BCUT2D eigenvalue weighted by molar-refractivity contribution is -0.160. The van der Waals surface area contributed by atoms with Gasteiger partial charge in [-0.1, -0.05) is 45.9 Å². The van der Waals surface area contributed by atoms with Crippen molar-refractivity contribution in [3.63, 3.8) is 0 Å². The fourth-order valence-corrected chi connectivity index (χ4v) is 7.28. The number of methoxy groups -OCH3 is 1. The summed E-state index contributed by atoms with van der Waals surface area (Å²) in [5, 5.41) is 48.3. The molecule has 2 aromatic rings. The van der Waals surface area contributed by atoms with Crippen LogP contribution in [-0.2, 0) is 28.6 Å². The number of ether oxygens (including phenoxy) is 5. The number of anilines is 1. The summed E-state index contributed by atoms with van der Waals surface area (Å²) in [5.41, 5.74) is -0.0251.